The van der Waals surface area contributed by atoms with Gasteiger partial charge in [-0.15, -0.1) is 0 Å². The molecule has 4 nitrogen and oxygen atoms in total. The summed E-state index contributed by atoms with van der Waals surface area (Å²) in [6.07, 6.45) is 4.29. The van der Waals surface area contributed by atoms with Gasteiger partial charge in [0.1, 0.15) is 5.54 Å². The molecule has 4 heteroatoms. The minimum absolute atomic E-state index is 0.202. The fraction of sp³-hybridized carbons (Fsp3) is 0.889. The van der Waals surface area contributed by atoms with E-state index in [0.29, 0.717) is 12.6 Å². The molecule has 0 aromatic heterocycles. The number of carbonyl (C=O) groups excluding carboxylic acids is 1. The van der Waals surface area contributed by atoms with Gasteiger partial charge in [0.25, 0.3) is 0 Å². The zero-order valence-corrected chi connectivity index (χ0v) is 7.81. The quantitative estimate of drug-likeness (QED) is 0.544. The molecular weight excluding hydrogens is 166 g/mol. The largest absolute Gasteiger partial charge is 0.368 e. The van der Waals surface area contributed by atoms with Gasteiger partial charge < -0.3 is 11.1 Å². The molecule has 4 N–H and O–H groups in total. The van der Waals surface area contributed by atoms with Crippen molar-refractivity contribution in [3.05, 3.63) is 0 Å². The van der Waals surface area contributed by atoms with Crippen LogP contribution >= 0.6 is 0 Å². The Balaban J connectivity index is 2.02. The lowest BCUT2D eigenvalue weighted by molar-refractivity contribution is -0.125. The van der Waals surface area contributed by atoms with Crippen molar-refractivity contribution in [3.63, 3.8) is 0 Å². The van der Waals surface area contributed by atoms with Crippen LogP contribution in [0.2, 0.25) is 0 Å². The third-order valence-electron chi connectivity index (χ3n) is 2.91. The van der Waals surface area contributed by atoms with Crippen LogP contribution in [0.5, 0.6) is 0 Å². The van der Waals surface area contributed by atoms with Crippen molar-refractivity contribution in [3.8, 4) is 0 Å². The van der Waals surface area contributed by atoms with E-state index in [2.05, 4.69) is 10.6 Å². The van der Waals surface area contributed by atoms with Crippen molar-refractivity contribution in [1.82, 2.24) is 10.6 Å². The van der Waals surface area contributed by atoms with E-state index in [9.17, 15) is 4.79 Å². The monoisotopic (exact) mass is 183 g/mol. The zero-order chi connectivity index (χ0) is 9.31. The first-order chi connectivity index (χ1) is 6.23. The van der Waals surface area contributed by atoms with Gasteiger partial charge in [-0.05, 0) is 32.2 Å². The van der Waals surface area contributed by atoms with Crippen molar-refractivity contribution in [1.29, 1.82) is 0 Å². The van der Waals surface area contributed by atoms with E-state index in [1.807, 2.05) is 0 Å². The molecule has 1 heterocycles. The molecule has 0 radical (unpaired) electrons. The summed E-state index contributed by atoms with van der Waals surface area (Å²) in [6.45, 7) is 1.69. The van der Waals surface area contributed by atoms with Crippen molar-refractivity contribution in [2.75, 3.05) is 13.1 Å². The predicted molar refractivity (Wildman–Crippen MR) is 50.2 cm³/mol. The van der Waals surface area contributed by atoms with Crippen LogP contribution in [-0.4, -0.2) is 30.6 Å². The van der Waals surface area contributed by atoms with Crippen molar-refractivity contribution in [2.45, 2.75) is 37.3 Å². The molecule has 2 fully saturated rings. The Morgan fingerprint density at radius 2 is 2.31 bits per heavy atom. The van der Waals surface area contributed by atoms with Crippen LogP contribution in [0.1, 0.15) is 25.7 Å². The Morgan fingerprint density at radius 1 is 1.54 bits per heavy atom. The highest BCUT2D eigenvalue weighted by Crippen LogP contribution is 2.25. The normalized spacial score (nSPS) is 34.5. The average molecular weight is 183 g/mol. The van der Waals surface area contributed by atoms with E-state index in [4.69, 9.17) is 5.73 Å². The van der Waals surface area contributed by atoms with E-state index in [-0.39, 0.29) is 5.91 Å². The van der Waals surface area contributed by atoms with E-state index < -0.39 is 5.54 Å². The third kappa shape index (κ3) is 1.84. The molecule has 0 aromatic rings. The van der Waals surface area contributed by atoms with Crippen LogP contribution in [0.15, 0.2) is 0 Å². The number of rotatable bonds is 3. The predicted octanol–water partition coefficient (Wildman–Crippen LogP) is -0.654. The van der Waals surface area contributed by atoms with Crippen LogP contribution in [0.25, 0.3) is 0 Å². The molecule has 1 aliphatic heterocycles. The highest BCUT2D eigenvalue weighted by molar-refractivity contribution is 5.85. The highest BCUT2D eigenvalue weighted by atomic mass is 16.1. The summed E-state index contributed by atoms with van der Waals surface area (Å²) in [5.41, 5.74) is 4.98. The summed E-state index contributed by atoms with van der Waals surface area (Å²) < 4.78 is 0. The minimum atomic E-state index is -0.459. The molecule has 0 aromatic carbocycles. The fourth-order valence-corrected chi connectivity index (χ4v) is 1.93. The highest BCUT2D eigenvalue weighted by Gasteiger charge is 2.41. The standard InChI is InChI=1S/C9H17N3O/c10-8(13)9(12-7-2-3-7)4-1-5-11-6-9/h7,11-12H,1-6H2,(H2,10,13). The number of primary amides is 1. The number of nitrogens with one attached hydrogen (secondary N) is 2. The summed E-state index contributed by atoms with van der Waals surface area (Å²) in [4.78, 5) is 11.4. The Hall–Kier alpha value is -0.610. The van der Waals surface area contributed by atoms with Gasteiger partial charge in [0.2, 0.25) is 5.91 Å². The van der Waals surface area contributed by atoms with E-state index in [1.165, 1.54) is 12.8 Å². The van der Waals surface area contributed by atoms with Crippen LogP contribution < -0.4 is 16.4 Å². The van der Waals surface area contributed by atoms with Crippen molar-refractivity contribution in [2.24, 2.45) is 5.73 Å². The SMILES string of the molecule is NC(=O)C1(NC2CC2)CCCNC1. The average Bonchev–Trinajstić information content (AvgIpc) is 2.90. The molecule has 2 aliphatic rings. The maximum atomic E-state index is 11.4. The maximum absolute atomic E-state index is 11.4. The lowest BCUT2D eigenvalue weighted by Crippen LogP contribution is -2.63. The molecule has 1 amide bonds. The van der Waals surface area contributed by atoms with Gasteiger partial charge >= 0.3 is 0 Å². The summed E-state index contributed by atoms with van der Waals surface area (Å²) in [6, 6.07) is 0.535. The molecule has 0 bridgehead atoms. The molecule has 74 valence electrons. The molecule has 1 saturated heterocycles. The number of hydrogen-bond donors (Lipinski definition) is 3. The summed E-state index contributed by atoms with van der Waals surface area (Å²) in [5, 5.41) is 6.60. The van der Waals surface area contributed by atoms with Crippen molar-refractivity contribution >= 4 is 5.91 Å². The lowest BCUT2D eigenvalue weighted by atomic mass is 9.89. The van der Waals surface area contributed by atoms with Crippen LogP contribution in [0, 0.1) is 0 Å². The topological polar surface area (TPSA) is 67.2 Å². The lowest BCUT2D eigenvalue weighted by Gasteiger charge is -2.35. The second-order valence-corrected chi connectivity index (χ2v) is 4.15. The summed E-state index contributed by atoms with van der Waals surface area (Å²) >= 11 is 0. The first-order valence-electron chi connectivity index (χ1n) is 5.01. The summed E-state index contributed by atoms with van der Waals surface area (Å²) in [7, 11) is 0. The second-order valence-electron chi connectivity index (χ2n) is 4.15. The first-order valence-corrected chi connectivity index (χ1v) is 5.01. The molecule has 13 heavy (non-hydrogen) atoms. The Morgan fingerprint density at radius 3 is 2.77 bits per heavy atom. The van der Waals surface area contributed by atoms with E-state index in [1.54, 1.807) is 0 Å². The van der Waals surface area contributed by atoms with Gasteiger partial charge in [0, 0.05) is 12.6 Å². The van der Waals surface area contributed by atoms with Gasteiger partial charge in [0.05, 0.1) is 0 Å². The van der Waals surface area contributed by atoms with Crippen LogP contribution in [0.3, 0.4) is 0 Å². The number of amides is 1. The van der Waals surface area contributed by atoms with E-state index in [0.717, 1.165) is 19.4 Å². The van der Waals surface area contributed by atoms with Crippen LogP contribution in [-0.2, 0) is 4.79 Å². The number of carbonyl (C=O) groups is 1. The number of piperidine rings is 1. The maximum Gasteiger partial charge on any atom is 0.239 e. The molecule has 1 aliphatic carbocycles. The third-order valence-corrected chi connectivity index (χ3v) is 2.91. The molecule has 1 saturated carbocycles. The first kappa shape index (κ1) is 8.97. The molecule has 1 unspecified atom stereocenters. The smallest absolute Gasteiger partial charge is 0.239 e. The molecule has 0 spiro atoms. The molecular formula is C9H17N3O. The van der Waals surface area contributed by atoms with Crippen molar-refractivity contribution < 1.29 is 4.79 Å². The van der Waals surface area contributed by atoms with Gasteiger partial charge in [0.15, 0.2) is 0 Å². The van der Waals surface area contributed by atoms with Gasteiger partial charge in [-0.25, -0.2) is 0 Å². The molecule has 1 atom stereocenters. The fourth-order valence-electron chi connectivity index (χ4n) is 1.93. The van der Waals surface area contributed by atoms with Gasteiger partial charge in [-0.3, -0.25) is 10.1 Å². The number of nitrogens with two attached hydrogens (primary N) is 1. The van der Waals surface area contributed by atoms with Crippen LogP contribution in [0.4, 0.5) is 0 Å². The molecule has 2 rings (SSSR count). The minimum Gasteiger partial charge on any atom is -0.368 e. The number of hydrogen-bond acceptors (Lipinski definition) is 3. The Labute approximate surface area is 78.2 Å². The van der Waals surface area contributed by atoms with Gasteiger partial charge in [-0.2, -0.15) is 0 Å². The summed E-state index contributed by atoms with van der Waals surface area (Å²) in [5.74, 6) is -0.202. The zero-order valence-electron chi connectivity index (χ0n) is 7.81. The Bertz CT molecular complexity index is 207. The van der Waals surface area contributed by atoms with E-state index >= 15 is 0 Å². The van der Waals surface area contributed by atoms with Gasteiger partial charge in [-0.1, -0.05) is 0 Å². The Kier molecular flexibility index (Phi) is 2.26. The second kappa shape index (κ2) is 3.27.